The van der Waals surface area contributed by atoms with Crippen molar-refractivity contribution in [1.82, 2.24) is 25.5 Å². The third-order valence-corrected chi connectivity index (χ3v) is 5.26. The fourth-order valence-electron chi connectivity index (χ4n) is 3.42. The molecule has 0 radical (unpaired) electrons. The van der Waals surface area contributed by atoms with Crippen LogP contribution in [0.1, 0.15) is 22.5 Å². The van der Waals surface area contributed by atoms with Crippen LogP contribution in [0.15, 0.2) is 66.7 Å². The first-order valence-corrected chi connectivity index (χ1v) is 10.7. The van der Waals surface area contributed by atoms with E-state index in [4.69, 9.17) is 9.47 Å². The molecule has 1 heterocycles. The van der Waals surface area contributed by atoms with Gasteiger partial charge in [-0.05, 0) is 71.8 Å². The van der Waals surface area contributed by atoms with Gasteiger partial charge in [-0.25, -0.2) is 4.39 Å². The lowest BCUT2D eigenvalue weighted by atomic mass is 10.1. The lowest BCUT2D eigenvalue weighted by Crippen LogP contribution is -2.17. The Bertz CT molecular complexity index is 1190. The Hall–Kier alpha value is -3.78. The van der Waals surface area contributed by atoms with Gasteiger partial charge in [-0.3, -0.25) is 0 Å². The summed E-state index contributed by atoms with van der Waals surface area (Å²) in [6.45, 7) is 3.53. The van der Waals surface area contributed by atoms with Gasteiger partial charge in [0.1, 0.15) is 5.82 Å². The molecule has 0 aliphatic carbocycles. The van der Waals surface area contributed by atoms with Crippen LogP contribution in [0.25, 0.3) is 5.69 Å². The molecule has 3 aromatic carbocycles. The molecule has 0 atom stereocenters. The average molecular weight is 448 g/mol. The molecule has 170 valence electrons. The van der Waals surface area contributed by atoms with Gasteiger partial charge in [-0.2, -0.15) is 4.68 Å². The molecular formula is C25H26FN5O2. The molecule has 4 aromatic rings. The third kappa shape index (κ3) is 5.72. The number of ether oxygens (including phenoxy) is 2. The van der Waals surface area contributed by atoms with Gasteiger partial charge in [-0.15, -0.1) is 5.10 Å². The highest BCUT2D eigenvalue weighted by Crippen LogP contribution is 2.29. The number of tetrazole rings is 1. The first-order valence-electron chi connectivity index (χ1n) is 10.7. The largest absolute Gasteiger partial charge is 0.493 e. The molecule has 0 saturated heterocycles. The molecule has 0 bridgehead atoms. The number of rotatable bonds is 10. The predicted molar refractivity (Wildman–Crippen MR) is 123 cm³/mol. The van der Waals surface area contributed by atoms with E-state index in [1.807, 2.05) is 55.5 Å². The zero-order chi connectivity index (χ0) is 23.0. The lowest BCUT2D eigenvalue weighted by molar-refractivity contribution is 0.273. The van der Waals surface area contributed by atoms with Crippen LogP contribution in [-0.2, 0) is 19.6 Å². The SMILES string of the molecule is COc1cc(CNCCc2ccccc2F)ccc1OCc1nnnn1-c1ccc(C)cc1. The normalized spacial score (nSPS) is 10.9. The zero-order valence-electron chi connectivity index (χ0n) is 18.7. The summed E-state index contributed by atoms with van der Waals surface area (Å²) in [7, 11) is 1.61. The Labute approximate surface area is 192 Å². The molecule has 0 aliphatic heterocycles. The van der Waals surface area contributed by atoms with E-state index in [1.54, 1.807) is 23.9 Å². The van der Waals surface area contributed by atoms with E-state index in [2.05, 4.69) is 20.8 Å². The molecule has 8 heteroatoms. The van der Waals surface area contributed by atoms with E-state index >= 15 is 0 Å². The second-order valence-corrected chi connectivity index (χ2v) is 7.63. The summed E-state index contributed by atoms with van der Waals surface area (Å²) in [5.74, 6) is 1.64. The molecule has 0 fully saturated rings. The Morgan fingerprint density at radius 2 is 1.82 bits per heavy atom. The number of hydrogen-bond donors (Lipinski definition) is 1. The van der Waals surface area contributed by atoms with Crippen molar-refractivity contribution in [3.8, 4) is 17.2 Å². The smallest absolute Gasteiger partial charge is 0.194 e. The molecule has 7 nitrogen and oxygen atoms in total. The summed E-state index contributed by atoms with van der Waals surface area (Å²) >= 11 is 0. The van der Waals surface area contributed by atoms with Crippen molar-refractivity contribution in [2.75, 3.05) is 13.7 Å². The quantitative estimate of drug-likeness (QED) is 0.370. The van der Waals surface area contributed by atoms with Gasteiger partial charge in [0.25, 0.3) is 0 Å². The highest BCUT2D eigenvalue weighted by Gasteiger charge is 2.12. The van der Waals surface area contributed by atoms with E-state index in [9.17, 15) is 4.39 Å². The summed E-state index contributed by atoms with van der Waals surface area (Å²) in [5, 5.41) is 15.3. The van der Waals surface area contributed by atoms with Gasteiger partial charge in [0.15, 0.2) is 23.9 Å². The molecule has 0 saturated carbocycles. The molecule has 0 spiro atoms. The van der Waals surface area contributed by atoms with Crippen LogP contribution in [0.4, 0.5) is 4.39 Å². The highest BCUT2D eigenvalue weighted by molar-refractivity contribution is 5.43. The first-order chi connectivity index (χ1) is 16.1. The number of methoxy groups -OCH3 is 1. The zero-order valence-corrected chi connectivity index (χ0v) is 18.7. The second-order valence-electron chi connectivity index (χ2n) is 7.63. The minimum Gasteiger partial charge on any atom is -0.493 e. The summed E-state index contributed by atoms with van der Waals surface area (Å²) in [4.78, 5) is 0. The van der Waals surface area contributed by atoms with Crippen LogP contribution < -0.4 is 14.8 Å². The van der Waals surface area contributed by atoms with Gasteiger partial charge < -0.3 is 14.8 Å². The Morgan fingerprint density at radius 1 is 1.00 bits per heavy atom. The number of nitrogens with zero attached hydrogens (tertiary/aromatic N) is 4. The molecule has 1 aromatic heterocycles. The van der Waals surface area contributed by atoms with E-state index in [-0.39, 0.29) is 12.4 Å². The molecular weight excluding hydrogens is 421 g/mol. The van der Waals surface area contributed by atoms with E-state index in [0.29, 0.717) is 42.4 Å². The van der Waals surface area contributed by atoms with Gasteiger partial charge in [-0.1, -0.05) is 42.0 Å². The second kappa shape index (κ2) is 10.7. The van der Waals surface area contributed by atoms with Crippen LogP contribution in [0.5, 0.6) is 11.5 Å². The van der Waals surface area contributed by atoms with E-state index in [1.165, 1.54) is 6.07 Å². The average Bonchev–Trinajstić information content (AvgIpc) is 3.31. The minimum absolute atomic E-state index is 0.170. The molecule has 0 aliphatic rings. The maximum atomic E-state index is 13.7. The number of nitrogens with one attached hydrogen (secondary N) is 1. The highest BCUT2D eigenvalue weighted by atomic mass is 19.1. The van der Waals surface area contributed by atoms with Crippen molar-refractivity contribution in [1.29, 1.82) is 0 Å². The standard InChI is InChI=1S/C25H26FN5O2/c1-18-7-10-21(11-8-18)31-25(28-29-30-31)17-33-23-12-9-19(15-24(23)32-2)16-27-14-13-20-5-3-4-6-22(20)26/h3-12,15,27H,13-14,16-17H2,1-2H3. The van der Waals surface area contributed by atoms with Gasteiger partial charge >= 0.3 is 0 Å². The van der Waals surface area contributed by atoms with Crippen molar-refractivity contribution in [3.63, 3.8) is 0 Å². The number of benzene rings is 3. The van der Waals surface area contributed by atoms with Crippen LogP contribution in [0.3, 0.4) is 0 Å². The Kier molecular flexibility index (Phi) is 7.26. The number of aryl methyl sites for hydroxylation is 1. The molecule has 33 heavy (non-hydrogen) atoms. The summed E-state index contributed by atoms with van der Waals surface area (Å²) < 4.78 is 26.8. The van der Waals surface area contributed by atoms with Crippen molar-refractivity contribution in [2.24, 2.45) is 0 Å². The summed E-state index contributed by atoms with van der Waals surface area (Å²) in [6, 6.07) is 20.5. The maximum absolute atomic E-state index is 13.7. The molecule has 0 unspecified atom stereocenters. The van der Waals surface area contributed by atoms with Crippen LogP contribution >= 0.6 is 0 Å². The van der Waals surface area contributed by atoms with Crippen molar-refractivity contribution in [2.45, 2.75) is 26.5 Å². The van der Waals surface area contributed by atoms with E-state index < -0.39 is 0 Å². The van der Waals surface area contributed by atoms with Gasteiger partial charge in [0, 0.05) is 6.54 Å². The lowest BCUT2D eigenvalue weighted by Gasteiger charge is -2.13. The third-order valence-electron chi connectivity index (χ3n) is 5.26. The number of aromatic nitrogens is 4. The molecule has 4 rings (SSSR count). The van der Waals surface area contributed by atoms with Crippen LogP contribution in [0, 0.1) is 12.7 Å². The maximum Gasteiger partial charge on any atom is 0.194 e. The van der Waals surface area contributed by atoms with Gasteiger partial charge in [0.2, 0.25) is 0 Å². The minimum atomic E-state index is -0.170. The topological polar surface area (TPSA) is 74.1 Å². The van der Waals surface area contributed by atoms with E-state index in [0.717, 1.165) is 16.8 Å². The first kappa shape index (κ1) is 22.4. The fourth-order valence-corrected chi connectivity index (χ4v) is 3.42. The van der Waals surface area contributed by atoms with Crippen LogP contribution in [-0.4, -0.2) is 33.9 Å². The molecule has 0 amide bonds. The summed E-state index contributed by atoms with van der Waals surface area (Å²) in [6.07, 6.45) is 0.626. The Morgan fingerprint density at radius 3 is 2.61 bits per heavy atom. The number of halogens is 1. The summed E-state index contributed by atoms with van der Waals surface area (Å²) in [5.41, 5.74) is 3.78. The molecule has 1 N–H and O–H groups in total. The van der Waals surface area contributed by atoms with Crippen molar-refractivity contribution in [3.05, 3.63) is 95.1 Å². The van der Waals surface area contributed by atoms with Crippen molar-refractivity contribution >= 4 is 0 Å². The monoisotopic (exact) mass is 447 g/mol. The fraction of sp³-hybridized carbons (Fsp3) is 0.240. The van der Waals surface area contributed by atoms with Crippen molar-refractivity contribution < 1.29 is 13.9 Å². The van der Waals surface area contributed by atoms with Crippen LogP contribution in [0.2, 0.25) is 0 Å². The number of hydrogen-bond acceptors (Lipinski definition) is 6. The van der Waals surface area contributed by atoms with Gasteiger partial charge in [0.05, 0.1) is 12.8 Å². The predicted octanol–water partition coefficient (Wildman–Crippen LogP) is 4.03. The Balaban J connectivity index is 1.34.